The molecule has 0 aliphatic carbocycles. The molecule has 0 saturated heterocycles. The first kappa shape index (κ1) is 14.4. The Labute approximate surface area is 120 Å². The third-order valence-electron chi connectivity index (χ3n) is 2.70. The molecule has 1 amide bonds. The lowest BCUT2D eigenvalue weighted by atomic mass is 10.1. The third kappa shape index (κ3) is 3.49. The van der Waals surface area contributed by atoms with Crippen molar-refractivity contribution in [2.24, 2.45) is 5.84 Å². The van der Waals surface area contributed by atoms with Crippen molar-refractivity contribution in [2.75, 3.05) is 5.73 Å². The summed E-state index contributed by atoms with van der Waals surface area (Å²) in [5, 5.41) is 0. The van der Waals surface area contributed by atoms with E-state index in [4.69, 9.17) is 11.6 Å². The van der Waals surface area contributed by atoms with Gasteiger partial charge in [0.05, 0.1) is 5.69 Å². The van der Waals surface area contributed by atoms with E-state index in [9.17, 15) is 9.18 Å². The first-order valence-electron chi connectivity index (χ1n) is 5.88. The molecule has 2 aromatic carbocycles. The number of nitrogens with two attached hydrogens (primary N) is 2. The summed E-state index contributed by atoms with van der Waals surface area (Å²) in [7, 11) is 0. The molecule has 0 bridgehead atoms. The van der Waals surface area contributed by atoms with Crippen LogP contribution in [0.2, 0.25) is 0 Å². The van der Waals surface area contributed by atoms with Crippen LogP contribution in [0.3, 0.4) is 0 Å². The first-order chi connectivity index (χ1) is 9.60. The summed E-state index contributed by atoms with van der Waals surface area (Å²) in [5.74, 6) is 4.95. The topological polar surface area (TPSA) is 81.1 Å². The average molecular weight is 291 g/mol. The van der Waals surface area contributed by atoms with Crippen molar-refractivity contribution in [3.8, 4) is 0 Å². The minimum absolute atomic E-state index is 0.135. The first-order valence-corrected chi connectivity index (χ1v) is 6.86. The summed E-state index contributed by atoms with van der Waals surface area (Å²) in [5.41, 5.74) is 9.09. The van der Waals surface area contributed by atoms with E-state index in [-0.39, 0.29) is 11.6 Å². The molecule has 2 aromatic rings. The second-order valence-electron chi connectivity index (χ2n) is 4.15. The lowest BCUT2D eigenvalue weighted by Gasteiger charge is -2.05. The molecule has 0 aromatic heterocycles. The van der Waals surface area contributed by atoms with E-state index in [1.165, 1.54) is 23.9 Å². The number of hydrazine groups is 1. The second-order valence-corrected chi connectivity index (χ2v) is 5.19. The van der Waals surface area contributed by atoms with E-state index in [1.54, 1.807) is 24.3 Å². The van der Waals surface area contributed by atoms with Gasteiger partial charge in [-0.25, -0.2) is 10.2 Å². The van der Waals surface area contributed by atoms with Gasteiger partial charge in [-0.05, 0) is 35.9 Å². The second kappa shape index (κ2) is 6.40. The van der Waals surface area contributed by atoms with Crippen LogP contribution in [0.15, 0.2) is 47.4 Å². The minimum Gasteiger partial charge on any atom is -0.396 e. The number of thioether (sulfide) groups is 1. The number of anilines is 1. The van der Waals surface area contributed by atoms with Crippen molar-refractivity contribution >= 4 is 23.4 Å². The molecule has 4 nitrogen and oxygen atoms in total. The largest absolute Gasteiger partial charge is 0.396 e. The van der Waals surface area contributed by atoms with E-state index in [0.29, 0.717) is 11.3 Å². The molecule has 104 valence electrons. The molecule has 2 rings (SSSR count). The fraction of sp³-hybridized carbons (Fsp3) is 0.0714. The van der Waals surface area contributed by atoms with Gasteiger partial charge in [0.25, 0.3) is 5.91 Å². The maximum absolute atomic E-state index is 13.3. The van der Waals surface area contributed by atoms with Gasteiger partial charge in [-0.3, -0.25) is 10.2 Å². The summed E-state index contributed by atoms with van der Waals surface area (Å²) in [6.45, 7) is 0. The number of nitrogen functional groups attached to an aromatic ring is 2. The molecule has 6 heteroatoms. The molecule has 0 radical (unpaired) electrons. The quantitative estimate of drug-likeness (QED) is 0.265. The molecule has 0 heterocycles. The molecule has 0 saturated carbocycles. The molecular formula is C14H14FN3OS. The van der Waals surface area contributed by atoms with Gasteiger partial charge in [-0.1, -0.05) is 12.1 Å². The summed E-state index contributed by atoms with van der Waals surface area (Å²) in [6, 6.07) is 11.8. The number of hydrogen-bond acceptors (Lipinski definition) is 4. The number of rotatable bonds is 4. The summed E-state index contributed by atoms with van der Waals surface area (Å²) < 4.78 is 13.3. The Kier molecular flexibility index (Phi) is 4.60. The van der Waals surface area contributed by atoms with Gasteiger partial charge in [0.2, 0.25) is 0 Å². The molecule has 0 fully saturated rings. The van der Waals surface area contributed by atoms with Crippen LogP contribution in [0.25, 0.3) is 0 Å². The lowest BCUT2D eigenvalue weighted by Crippen LogP contribution is -2.29. The highest BCUT2D eigenvalue weighted by Gasteiger charge is 2.05. The molecule has 0 atom stereocenters. The zero-order chi connectivity index (χ0) is 14.5. The average Bonchev–Trinajstić information content (AvgIpc) is 2.48. The normalized spacial score (nSPS) is 10.3. The Balaban J connectivity index is 2.07. The number of carbonyl (C=O) groups excluding carboxylic acids is 1. The van der Waals surface area contributed by atoms with Crippen molar-refractivity contribution in [1.29, 1.82) is 0 Å². The van der Waals surface area contributed by atoms with Crippen molar-refractivity contribution in [2.45, 2.75) is 10.6 Å². The fourth-order valence-corrected chi connectivity index (χ4v) is 2.51. The van der Waals surface area contributed by atoms with Gasteiger partial charge in [-0.15, -0.1) is 11.8 Å². The van der Waals surface area contributed by atoms with Gasteiger partial charge in [0.1, 0.15) is 5.82 Å². The van der Waals surface area contributed by atoms with Crippen molar-refractivity contribution in [3.63, 3.8) is 0 Å². The van der Waals surface area contributed by atoms with Crippen molar-refractivity contribution < 1.29 is 9.18 Å². The number of halogens is 1. The molecule has 5 N–H and O–H groups in total. The third-order valence-corrected chi connectivity index (χ3v) is 3.76. The summed E-state index contributed by atoms with van der Waals surface area (Å²) in [4.78, 5) is 12.2. The molecule has 0 aliphatic heterocycles. The van der Waals surface area contributed by atoms with Gasteiger partial charge >= 0.3 is 0 Å². The zero-order valence-electron chi connectivity index (χ0n) is 10.6. The van der Waals surface area contributed by atoms with Crippen LogP contribution in [0.5, 0.6) is 0 Å². The highest BCUT2D eigenvalue weighted by molar-refractivity contribution is 7.98. The zero-order valence-corrected chi connectivity index (χ0v) is 11.4. The highest BCUT2D eigenvalue weighted by atomic mass is 32.2. The van der Waals surface area contributed by atoms with E-state index < -0.39 is 5.82 Å². The Morgan fingerprint density at radius 1 is 1.25 bits per heavy atom. The van der Waals surface area contributed by atoms with Gasteiger partial charge in [-0.2, -0.15) is 0 Å². The number of hydrogen-bond donors (Lipinski definition) is 3. The lowest BCUT2D eigenvalue weighted by molar-refractivity contribution is 0.0953. The Hall–Kier alpha value is -2.05. The minimum atomic E-state index is -0.425. The van der Waals surface area contributed by atoms with E-state index in [1.807, 2.05) is 6.07 Å². The van der Waals surface area contributed by atoms with Crippen LogP contribution in [-0.4, -0.2) is 5.91 Å². The standard InChI is InChI=1S/C14H14FN3OS/c15-12-7-11(4-5-13(12)16)20-8-9-2-1-3-10(6-9)14(19)18-17/h1-7H,8,16-17H2,(H,18,19). The van der Waals surface area contributed by atoms with Gasteiger partial charge < -0.3 is 5.73 Å². The van der Waals surface area contributed by atoms with Gasteiger partial charge in [0, 0.05) is 16.2 Å². The van der Waals surface area contributed by atoms with E-state index in [0.717, 1.165) is 10.5 Å². The Morgan fingerprint density at radius 3 is 2.75 bits per heavy atom. The van der Waals surface area contributed by atoms with E-state index in [2.05, 4.69) is 5.43 Å². The molecule has 0 aliphatic rings. The number of carbonyl (C=O) groups is 1. The number of nitrogens with one attached hydrogen (secondary N) is 1. The maximum Gasteiger partial charge on any atom is 0.265 e. The predicted octanol–water partition coefficient (Wildman–Crippen LogP) is 2.30. The molecular weight excluding hydrogens is 277 g/mol. The summed E-state index contributed by atoms with van der Waals surface area (Å²) >= 11 is 1.47. The van der Waals surface area contributed by atoms with Crippen LogP contribution < -0.4 is 17.0 Å². The van der Waals surface area contributed by atoms with Crippen molar-refractivity contribution in [3.05, 3.63) is 59.4 Å². The summed E-state index contributed by atoms with van der Waals surface area (Å²) in [6.07, 6.45) is 0. The van der Waals surface area contributed by atoms with Crippen LogP contribution in [0, 0.1) is 5.82 Å². The SMILES string of the molecule is NNC(=O)c1cccc(CSc2ccc(N)c(F)c2)c1. The Bertz CT molecular complexity index is 634. The monoisotopic (exact) mass is 291 g/mol. The highest BCUT2D eigenvalue weighted by Crippen LogP contribution is 2.25. The smallest absolute Gasteiger partial charge is 0.265 e. The van der Waals surface area contributed by atoms with Crippen LogP contribution >= 0.6 is 11.8 Å². The van der Waals surface area contributed by atoms with Crippen LogP contribution in [-0.2, 0) is 5.75 Å². The fourth-order valence-electron chi connectivity index (χ4n) is 1.65. The Morgan fingerprint density at radius 2 is 2.05 bits per heavy atom. The van der Waals surface area contributed by atoms with E-state index >= 15 is 0 Å². The number of benzene rings is 2. The van der Waals surface area contributed by atoms with Crippen LogP contribution in [0.1, 0.15) is 15.9 Å². The maximum atomic E-state index is 13.3. The molecule has 20 heavy (non-hydrogen) atoms. The molecule has 0 spiro atoms. The number of amides is 1. The molecule has 0 unspecified atom stereocenters. The predicted molar refractivity (Wildman–Crippen MR) is 78.5 cm³/mol. The van der Waals surface area contributed by atoms with Gasteiger partial charge in [0.15, 0.2) is 0 Å². The van der Waals surface area contributed by atoms with Crippen molar-refractivity contribution in [1.82, 2.24) is 5.43 Å². The van der Waals surface area contributed by atoms with Crippen LogP contribution in [0.4, 0.5) is 10.1 Å².